The van der Waals surface area contributed by atoms with Gasteiger partial charge in [-0.25, -0.2) is 0 Å². The van der Waals surface area contributed by atoms with E-state index >= 15 is 0 Å². The fourth-order valence-corrected chi connectivity index (χ4v) is 1.56. The van der Waals surface area contributed by atoms with Crippen LogP contribution < -0.4 is 16.4 Å². The number of amides is 2. The van der Waals surface area contributed by atoms with Gasteiger partial charge in [-0.15, -0.1) is 12.4 Å². The summed E-state index contributed by atoms with van der Waals surface area (Å²) in [6.45, 7) is 3.79. The largest absolute Gasteiger partial charge is 0.383 e. The minimum atomic E-state index is -0.728. The third-order valence-corrected chi connectivity index (χ3v) is 2.78. The van der Waals surface area contributed by atoms with Crippen LogP contribution in [0.1, 0.15) is 18.9 Å². The Kier molecular flexibility index (Phi) is 8.61. The van der Waals surface area contributed by atoms with Crippen molar-refractivity contribution in [2.75, 3.05) is 24.4 Å². The first kappa shape index (κ1) is 19.4. The third-order valence-electron chi connectivity index (χ3n) is 2.78. The zero-order valence-corrected chi connectivity index (χ0v) is 13.3. The molecule has 0 radical (unpaired) electrons. The summed E-state index contributed by atoms with van der Waals surface area (Å²) in [4.78, 5) is 23.2. The Morgan fingerprint density at radius 3 is 2.57 bits per heavy atom. The summed E-state index contributed by atoms with van der Waals surface area (Å²) in [6, 6.07) is 4.59. The van der Waals surface area contributed by atoms with Crippen LogP contribution in [-0.2, 0) is 14.3 Å². The van der Waals surface area contributed by atoms with E-state index in [9.17, 15) is 9.59 Å². The van der Waals surface area contributed by atoms with Crippen molar-refractivity contribution in [3.63, 3.8) is 0 Å². The number of nitrogens with one attached hydrogen (secondary N) is 2. The molecule has 0 fully saturated rings. The highest BCUT2D eigenvalue weighted by Crippen LogP contribution is 2.20. The number of hydrogen-bond donors (Lipinski definition) is 3. The molecule has 1 aromatic carbocycles. The number of benzene rings is 1. The predicted octanol–water partition coefficient (Wildman–Crippen LogP) is 1.68. The average Bonchev–Trinajstić information content (AvgIpc) is 2.42. The number of hydrogen-bond acceptors (Lipinski definition) is 4. The van der Waals surface area contributed by atoms with Crippen molar-refractivity contribution in [2.45, 2.75) is 26.3 Å². The van der Waals surface area contributed by atoms with E-state index in [1.807, 2.05) is 13.0 Å². The molecule has 0 saturated heterocycles. The first-order valence-corrected chi connectivity index (χ1v) is 6.43. The van der Waals surface area contributed by atoms with Crippen molar-refractivity contribution in [3.05, 3.63) is 23.8 Å². The minimum Gasteiger partial charge on any atom is -0.383 e. The molecule has 0 heterocycles. The van der Waals surface area contributed by atoms with Crippen molar-refractivity contribution < 1.29 is 14.3 Å². The molecule has 2 amide bonds. The lowest BCUT2D eigenvalue weighted by atomic mass is 10.1. The van der Waals surface area contributed by atoms with Gasteiger partial charge in [-0.05, 0) is 24.6 Å². The van der Waals surface area contributed by atoms with Crippen molar-refractivity contribution in [1.82, 2.24) is 0 Å². The molecule has 0 bridgehead atoms. The van der Waals surface area contributed by atoms with Gasteiger partial charge >= 0.3 is 0 Å². The number of carbonyl (C=O) groups excluding carboxylic acids is 2. The molecule has 0 spiro atoms. The smallest absolute Gasteiger partial charge is 0.243 e. The zero-order chi connectivity index (χ0) is 15.1. The summed E-state index contributed by atoms with van der Waals surface area (Å²) in [5, 5.41) is 5.47. The first-order chi connectivity index (χ1) is 9.47. The van der Waals surface area contributed by atoms with Crippen LogP contribution in [0.3, 0.4) is 0 Å². The Balaban J connectivity index is 0.00000400. The molecule has 0 aromatic heterocycles. The predicted molar refractivity (Wildman–Crippen MR) is 85.8 cm³/mol. The highest BCUT2D eigenvalue weighted by atomic mass is 35.5. The number of anilines is 2. The van der Waals surface area contributed by atoms with E-state index in [-0.39, 0.29) is 30.8 Å². The van der Waals surface area contributed by atoms with Crippen LogP contribution in [0.2, 0.25) is 0 Å². The van der Waals surface area contributed by atoms with Gasteiger partial charge in [0.25, 0.3) is 0 Å². The van der Waals surface area contributed by atoms with Crippen LogP contribution in [0.25, 0.3) is 0 Å². The van der Waals surface area contributed by atoms with Gasteiger partial charge in [0.1, 0.15) is 6.04 Å². The monoisotopic (exact) mass is 315 g/mol. The van der Waals surface area contributed by atoms with Crippen LogP contribution >= 0.6 is 12.4 Å². The van der Waals surface area contributed by atoms with Crippen molar-refractivity contribution in [3.8, 4) is 0 Å². The summed E-state index contributed by atoms with van der Waals surface area (Å²) in [5.41, 5.74) is 7.80. The molecule has 0 saturated carbocycles. The zero-order valence-electron chi connectivity index (χ0n) is 12.4. The van der Waals surface area contributed by atoms with E-state index in [1.54, 1.807) is 19.1 Å². The normalized spacial score (nSPS) is 11.2. The molecule has 21 heavy (non-hydrogen) atoms. The lowest BCUT2D eigenvalue weighted by Crippen LogP contribution is -2.39. The molecule has 1 rings (SSSR count). The number of rotatable bonds is 6. The molecular formula is C14H22ClN3O3. The molecule has 4 N–H and O–H groups in total. The molecule has 6 nitrogen and oxygen atoms in total. The Hall–Kier alpha value is -1.63. The van der Waals surface area contributed by atoms with E-state index in [2.05, 4.69) is 10.6 Å². The maximum absolute atomic E-state index is 11.8. The molecule has 1 unspecified atom stereocenters. The average molecular weight is 316 g/mol. The molecule has 1 atom stereocenters. The molecular weight excluding hydrogens is 294 g/mol. The maximum Gasteiger partial charge on any atom is 0.243 e. The van der Waals surface area contributed by atoms with Gasteiger partial charge in [-0.3, -0.25) is 9.59 Å². The number of ether oxygens (including phenoxy) is 1. The highest BCUT2D eigenvalue weighted by Gasteiger charge is 2.14. The minimum absolute atomic E-state index is 0. The molecule has 0 aliphatic carbocycles. The number of halogens is 1. The Bertz CT molecular complexity index is 494. The van der Waals surface area contributed by atoms with Crippen LogP contribution in [0.15, 0.2) is 18.2 Å². The van der Waals surface area contributed by atoms with Crippen LogP contribution in [0.5, 0.6) is 0 Å². The maximum atomic E-state index is 11.8. The lowest BCUT2D eigenvalue weighted by molar-refractivity contribution is -0.118. The van der Waals surface area contributed by atoms with E-state index < -0.39 is 6.04 Å². The first-order valence-electron chi connectivity index (χ1n) is 6.43. The summed E-state index contributed by atoms with van der Waals surface area (Å²) >= 11 is 0. The van der Waals surface area contributed by atoms with E-state index in [0.717, 1.165) is 5.56 Å². The molecule has 118 valence electrons. The summed E-state index contributed by atoms with van der Waals surface area (Å²) in [5.74, 6) is -0.406. The van der Waals surface area contributed by atoms with Crippen LogP contribution in [-0.4, -0.2) is 31.6 Å². The third kappa shape index (κ3) is 6.12. The number of nitrogens with two attached hydrogens (primary N) is 1. The fourth-order valence-electron chi connectivity index (χ4n) is 1.56. The van der Waals surface area contributed by atoms with Gasteiger partial charge in [-0.1, -0.05) is 13.0 Å². The van der Waals surface area contributed by atoms with Crippen LogP contribution in [0, 0.1) is 6.92 Å². The van der Waals surface area contributed by atoms with Crippen LogP contribution in [0.4, 0.5) is 11.4 Å². The fraction of sp³-hybridized carbons (Fsp3) is 0.429. The van der Waals surface area contributed by atoms with Crippen molar-refractivity contribution >= 4 is 35.6 Å². The molecule has 1 aromatic rings. The van der Waals surface area contributed by atoms with E-state index in [1.165, 1.54) is 7.11 Å². The second-order valence-electron chi connectivity index (χ2n) is 4.48. The topological polar surface area (TPSA) is 93.5 Å². The van der Waals surface area contributed by atoms with Gasteiger partial charge < -0.3 is 21.1 Å². The Morgan fingerprint density at radius 2 is 2.00 bits per heavy atom. The summed E-state index contributed by atoms with van der Waals surface area (Å²) in [6.07, 6.45) is 0.397. The second-order valence-corrected chi connectivity index (χ2v) is 4.48. The van der Waals surface area contributed by atoms with Gasteiger partial charge in [0.15, 0.2) is 0 Å². The molecule has 0 aliphatic heterocycles. The van der Waals surface area contributed by atoms with Gasteiger partial charge in [0.05, 0.1) is 6.61 Å². The molecule has 7 heteroatoms. The number of methoxy groups -OCH3 is 1. The Morgan fingerprint density at radius 1 is 1.33 bits per heavy atom. The second kappa shape index (κ2) is 9.33. The number of carbonyl (C=O) groups is 2. The SMILES string of the molecule is CCC(=O)Nc1ccc(C)c(NC(=O)C(N)COC)c1.Cl. The van der Waals surface area contributed by atoms with Gasteiger partial charge in [0, 0.05) is 24.9 Å². The summed E-state index contributed by atoms with van der Waals surface area (Å²) in [7, 11) is 1.49. The lowest BCUT2D eigenvalue weighted by Gasteiger charge is -2.14. The highest BCUT2D eigenvalue weighted by molar-refractivity contribution is 5.97. The Labute approximate surface area is 130 Å². The number of aryl methyl sites for hydroxylation is 1. The molecule has 0 aliphatic rings. The van der Waals surface area contributed by atoms with E-state index in [0.29, 0.717) is 17.8 Å². The van der Waals surface area contributed by atoms with Crippen molar-refractivity contribution in [2.24, 2.45) is 5.73 Å². The van der Waals surface area contributed by atoms with Gasteiger partial charge in [0.2, 0.25) is 11.8 Å². The summed E-state index contributed by atoms with van der Waals surface area (Å²) < 4.78 is 4.84. The quantitative estimate of drug-likeness (QED) is 0.744. The van der Waals surface area contributed by atoms with E-state index in [4.69, 9.17) is 10.5 Å². The standard InChI is InChI=1S/C14H21N3O3.ClH/c1-4-13(18)16-10-6-5-9(2)12(7-10)17-14(19)11(15)8-20-3;/h5-7,11H,4,8,15H2,1-3H3,(H,16,18)(H,17,19);1H. The van der Waals surface area contributed by atoms with Gasteiger partial charge in [-0.2, -0.15) is 0 Å². The van der Waals surface area contributed by atoms with Crippen molar-refractivity contribution in [1.29, 1.82) is 0 Å².